The number of rotatable bonds is 25. The number of aromatic nitrogens is 3. The van der Waals surface area contributed by atoms with Gasteiger partial charge >= 0.3 is 5.69 Å². The Labute approximate surface area is 287 Å². The molecule has 2 aromatic heterocycles. The number of aryl methyl sites for hydroxylation is 1. The highest BCUT2D eigenvalue weighted by molar-refractivity contribution is 7.09. The average molecular weight is 676 g/mol. The quantitative estimate of drug-likeness (QED) is 0.0904. The minimum atomic E-state index is -0.435. The number of hydrogen-bond acceptors (Lipinski definition) is 6. The number of thiazole rings is 1. The van der Waals surface area contributed by atoms with Gasteiger partial charge < -0.3 is 14.5 Å². The molecule has 3 unspecified atom stereocenters. The van der Waals surface area contributed by atoms with Crippen LogP contribution in [-0.4, -0.2) is 26.7 Å². The Hall–Kier alpha value is -2.26. The Morgan fingerprint density at radius 2 is 1.52 bits per heavy atom. The van der Waals surface area contributed by atoms with Crippen molar-refractivity contribution in [2.75, 3.05) is 0 Å². The summed E-state index contributed by atoms with van der Waals surface area (Å²) in [6.07, 6.45) is 21.6. The molecule has 0 saturated heterocycles. The first-order chi connectivity index (χ1) is 22.0. The van der Waals surface area contributed by atoms with Crippen LogP contribution in [0.3, 0.4) is 0 Å². The van der Waals surface area contributed by atoms with Gasteiger partial charge in [-0.15, -0.1) is 23.7 Å². The number of H-pyrrole nitrogens is 1. The highest BCUT2D eigenvalue weighted by Gasteiger charge is 2.26. The lowest BCUT2D eigenvalue weighted by atomic mass is 10.0. The van der Waals surface area contributed by atoms with Crippen LogP contribution in [0.1, 0.15) is 139 Å². The van der Waals surface area contributed by atoms with Crippen LogP contribution >= 0.6 is 23.7 Å². The molecular weight excluding hydrogens is 618 g/mol. The van der Waals surface area contributed by atoms with E-state index in [4.69, 9.17) is 9.47 Å². The van der Waals surface area contributed by atoms with Crippen LogP contribution in [0.15, 0.2) is 57.7 Å². The molecule has 1 aromatic carbocycles. The van der Waals surface area contributed by atoms with Gasteiger partial charge in [0.2, 0.25) is 0 Å². The summed E-state index contributed by atoms with van der Waals surface area (Å²) in [5.41, 5.74) is 0.916. The smallest absolute Gasteiger partial charge is 0.328 e. The minimum Gasteiger partial charge on any atom is -0.371 e. The number of benzene rings is 1. The molecule has 2 heterocycles. The van der Waals surface area contributed by atoms with E-state index >= 15 is 0 Å². The zero-order chi connectivity index (χ0) is 32.1. The molecule has 258 valence electrons. The lowest BCUT2D eigenvalue weighted by molar-refractivity contribution is -0.107. The first-order valence-electron chi connectivity index (χ1n) is 17.5. The van der Waals surface area contributed by atoms with Crippen molar-refractivity contribution in [1.82, 2.24) is 14.5 Å². The second-order valence-corrected chi connectivity index (χ2v) is 13.3. The summed E-state index contributed by atoms with van der Waals surface area (Å²) < 4.78 is 14.3. The normalized spacial score (nSPS) is 13.3. The first kappa shape index (κ1) is 39.9. The summed E-state index contributed by atoms with van der Waals surface area (Å²) in [7, 11) is 0. The lowest BCUT2D eigenvalue weighted by Gasteiger charge is -2.29. The highest BCUT2D eigenvalue weighted by Crippen LogP contribution is 2.25. The van der Waals surface area contributed by atoms with Gasteiger partial charge in [0.1, 0.15) is 0 Å². The van der Waals surface area contributed by atoms with E-state index < -0.39 is 11.8 Å². The fourth-order valence-corrected chi connectivity index (χ4v) is 6.44. The molecule has 3 atom stereocenters. The van der Waals surface area contributed by atoms with Gasteiger partial charge in [-0.2, -0.15) is 0 Å². The van der Waals surface area contributed by atoms with Crippen molar-refractivity contribution in [3.63, 3.8) is 0 Å². The fraction of sp³-hybridized carbons (Fsp3) is 0.649. The molecule has 0 aliphatic heterocycles. The summed E-state index contributed by atoms with van der Waals surface area (Å²) in [5, 5.41) is 2.80. The number of hydrogen-bond donors (Lipinski definition) is 1. The Bertz CT molecular complexity index is 1280. The SMILES string of the molecule is CCCCCCCCCCCCCCCC(OC(CC)c1c[nH]c(=O)n(CCc2nccs2)c1=O)C(C)OCc1ccccc1.Cl. The molecule has 0 aliphatic rings. The molecule has 0 amide bonds. The maximum atomic E-state index is 13.5. The summed E-state index contributed by atoms with van der Waals surface area (Å²) in [6.45, 7) is 7.16. The largest absolute Gasteiger partial charge is 0.371 e. The molecule has 3 aromatic rings. The maximum absolute atomic E-state index is 13.5. The molecule has 0 saturated carbocycles. The lowest BCUT2D eigenvalue weighted by Crippen LogP contribution is -2.39. The molecule has 0 bridgehead atoms. The topological polar surface area (TPSA) is 86.2 Å². The third kappa shape index (κ3) is 14.7. The minimum absolute atomic E-state index is 0. The van der Waals surface area contributed by atoms with Crippen molar-refractivity contribution in [3.8, 4) is 0 Å². The van der Waals surface area contributed by atoms with E-state index in [1.165, 1.54) is 99.2 Å². The highest BCUT2D eigenvalue weighted by atomic mass is 35.5. The number of unbranched alkanes of at least 4 members (excludes halogenated alkanes) is 12. The van der Waals surface area contributed by atoms with Crippen molar-refractivity contribution in [1.29, 1.82) is 0 Å². The van der Waals surface area contributed by atoms with Crippen LogP contribution in [0.2, 0.25) is 0 Å². The fourth-order valence-electron chi connectivity index (χ4n) is 5.83. The van der Waals surface area contributed by atoms with E-state index in [-0.39, 0.29) is 36.7 Å². The van der Waals surface area contributed by atoms with E-state index in [1.54, 1.807) is 6.20 Å². The Kier molecular flexibility index (Phi) is 20.8. The van der Waals surface area contributed by atoms with Crippen molar-refractivity contribution in [3.05, 3.63) is 85.1 Å². The van der Waals surface area contributed by atoms with Crippen LogP contribution in [0.5, 0.6) is 0 Å². The van der Waals surface area contributed by atoms with Gasteiger partial charge in [0.25, 0.3) is 5.56 Å². The molecule has 0 radical (unpaired) electrons. The van der Waals surface area contributed by atoms with Crippen molar-refractivity contribution in [2.45, 2.75) is 155 Å². The van der Waals surface area contributed by atoms with Gasteiger partial charge in [-0.3, -0.25) is 9.36 Å². The molecule has 7 nitrogen and oxygen atoms in total. The third-order valence-electron chi connectivity index (χ3n) is 8.65. The summed E-state index contributed by atoms with van der Waals surface area (Å²) in [6, 6.07) is 10.2. The van der Waals surface area contributed by atoms with Gasteiger partial charge in [-0.05, 0) is 25.3 Å². The molecule has 0 fully saturated rings. The zero-order valence-corrected chi connectivity index (χ0v) is 30.1. The second-order valence-electron chi connectivity index (χ2n) is 12.3. The molecular formula is C37H58ClN3O4S. The van der Waals surface area contributed by atoms with E-state index in [1.807, 2.05) is 30.5 Å². The van der Waals surface area contributed by atoms with Gasteiger partial charge in [-0.25, -0.2) is 9.78 Å². The summed E-state index contributed by atoms with van der Waals surface area (Å²) in [4.78, 5) is 33.2. The van der Waals surface area contributed by atoms with Gasteiger partial charge in [0.15, 0.2) is 0 Å². The molecule has 0 spiro atoms. The van der Waals surface area contributed by atoms with Crippen LogP contribution in [0.4, 0.5) is 0 Å². The van der Waals surface area contributed by atoms with E-state index in [9.17, 15) is 9.59 Å². The van der Waals surface area contributed by atoms with Crippen LogP contribution in [-0.2, 0) is 29.0 Å². The second kappa shape index (κ2) is 24.0. The first-order valence-corrected chi connectivity index (χ1v) is 18.4. The van der Waals surface area contributed by atoms with Crippen LogP contribution < -0.4 is 11.2 Å². The number of halogens is 1. The van der Waals surface area contributed by atoms with E-state index in [2.05, 4.69) is 35.9 Å². The molecule has 46 heavy (non-hydrogen) atoms. The third-order valence-corrected chi connectivity index (χ3v) is 9.49. The van der Waals surface area contributed by atoms with E-state index in [0.717, 1.165) is 23.4 Å². The number of nitrogens with one attached hydrogen (secondary N) is 1. The predicted octanol–water partition coefficient (Wildman–Crippen LogP) is 9.58. The summed E-state index contributed by atoms with van der Waals surface area (Å²) in [5.74, 6) is 0. The number of nitrogens with zero attached hydrogens (tertiary/aromatic N) is 2. The maximum Gasteiger partial charge on any atom is 0.328 e. The Morgan fingerprint density at radius 3 is 2.11 bits per heavy atom. The van der Waals surface area contributed by atoms with Gasteiger partial charge in [0.05, 0.1) is 35.5 Å². The van der Waals surface area contributed by atoms with Crippen molar-refractivity contribution < 1.29 is 9.47 Å². The van der Waals surface area contributed by atoms with Crippen molar-refractivity contribution in [2.24, 2.45) is 0 Å². The zero-order valence-electron chi connectivity index (χ0n) is 28.4. The van der Waals surface area contributed by atoms with Gasteiger partial charge in [-0.1, -0.05) is 128 Å². The average Bonchev–Trinajstić information content (AvgIpc) is 3.58. The predicted molar refractivity (Wildman–Crippen MR) is 193 cm³/mol. The number of aromatic amines is 1. The molecule has 3 rings (SSSR count). The molecule has 9 heteroatoms. The molecule has 1 N–H and O–H groups in total. The Balaban J connectivity index is 0.00000736. The van der Waals surface area contributed by atoms with Gasteiger partial charge in [0, 0.05) is 30.7 Å². The molecule has 0 aliphatic carbocycles. The Morgan fingerprint density at radius 1 is 0.891 bits per heavy atom. The van der Waals surface area contributed by atoms with E-state index in [0.29, 0.717) is 25.0 Å². The standard InChI is InChI=1S/C37H57N3O4S.ClH/c1-4-6-7-8-9-10-11-12-13-14-15-16-20-23-34(30(3)43-29-31-21-18-17-19-22-31)44-33(5-2)32-28-39-37(42)40(36(32)41)26-24-35-38-25-27-45-35;/h17-19,21-22,25,27-28,30,33-34H,4-16,20,23-24,26,29H2,1-3H3,(H,39,42);1H. The van der Waals surface area contributed by atoms with Crippen LogP contribution in [0.25, 0.3) is 0 Å². The number of ether oxygens (including phenoxy) is 2. The van der Waals surface area contributed by atoms with Crippen molar-refractivity contribution >= 4 is 23.7 Å². The monoisotopic (exact) mass is 675 g/mol. The van der Waals surface area contributed by atoms with Crippen LogP contribution in [0, 0.1) is 0 Å². The summed E-state index contributed by atoms with van der Waals surface area (Å²) >= 11 is 1.53.